The standard InChI is InChI=1S/C78H48N2/c1-2-19-49(20-3-1)50-37-39-52(40-38-50)55-22-9-15-34-72(55)79(54-43-45-63-71(48-54)77(68-46-41-51-21-4-5-23-56(51)75(63)68)64-29-11-6-24-57(64)58-25-7-12-30-65(58)77)53-42-44-60-59-26-8-13-31-66(59)78(70(60)47-53)67-32-14-17-36-74(67)80-73-35-16-10-27-61(73)62-28-18-33-69(78)76(62)80/h1-48H. The molecule has 0 saturated carbocycles. The summed E-state index contributed by atoms with van der Waals surface area (Å²) in [5.74, 6) is 0. The van der Waals surface area contributed by atoms with E-state index >= 15 is 0 Å². The topological polar surface area (TPSA) is 8.17 Å². The molecule has 1 atom stereocenters. The number of fused-ring (bicyclic) bond motifs is 24. The Labute approximate surface area is 464 Å². The molecule has 0 fully saturated rings. The van der Waals surface area contributed by atoms with Crippen LogP contribution < -0.4 is 4.90 Å². The molecule has 1 aromatic heterocycles. The van der Waals surface area contributed by atoms with Crippen LogP contribution >= 0.6 is 0 Å². The second-order valence-electron chi connectivity index (χ2n) is 22.2. The van der Waals surface area contributed by atoms with Gasteiger partial charge in [0.2, 0.25) is 0 Å². The molecule has 0 amide bonds. The maximum absolute atomic E-state index is 2.57. The zero-order valence-corrected chi connectivity index (χ0v) is 43.6. The van der Waals surface area contributed by atoms with Gasteiger partial charge in [-0.3, -0.25) is 0 Å². The van der Waals surface area contributed by atoms with Crippen LogP contribution in [0.25, 0.3) is 93.9 Å². The average molecular weight is 1010 g/mol. The minimum absolute atomic E-state index is 0.553. The fraction of sp³-hybridized carbons (Fsp3) is 0.0256. The molecule has 0 bridgehead atoms. The van der Waals surface area contributed by atoms with Gasteiger partial charge in [0.1, 0.15) is 0 Å². The molecule has 2 nitrogen and oxygen atoms in total. The quantitative estimate of drug-likeness (QED) is 0.167. The first-order valence-electron chi connectivity index (χ1n) is 28.0. The summed E-state index contributed by atoms with van der Waals surface area (Å²) in [7, 11) is 0. The lowest BCUT2D eigenvalue weighted by molar-refractivity contribution is 0.748. The van der Waals surface area contributed by atoms with Crippen molar-refractivity contribution < 1.29 is 0 Å². The monoisotopic (exact) mass is 1010 g/mol. The summed E-state index contributed by atoms with van der Waals surface area (Å²) in [6.07, 6.45) is 0. The molecule has 2 heterocycles. The fourth-order valence-corrected chi connectivity index (χ4v) is 15.5. The summed E-state index contributed by atoms with van der Waals surface area (Å²) in [6.45, 7) is 0. The van der Waals surface area contributed by atoms with Gasteiger partial charge in [-0.15, -0.1) is 0 Å². The zero-order valence-electron chi connectivity index (χ0n) is 43.6. The highest BCUT2D eigenvalue weighted by molar-refractivity contribution is 6.13. The van der Waals surface area contributed by atoms with Gasteiger partial charge in [0.05, 0.1) is 33.2 Å². The third kappa shape index (κ3) is 5.52. The lowest BCUT2D eigenvalue weighted by atomic mass is 9.65. The number of aromatic nitrogens is 1. The Kier molecular flexibility index (Phi) is 8.83. The molecule has 370 valence electrons. The molecule has 13 aromatic carbocycles. The largest absolute Gasteiger partial charge is 0.310 e. The predicted molar refractivity (Wildman–Crippen MR) is 331 cm³/mol. The van der Waals surface area contributed by atoms with Crippen LogP contribution in [0.2, 0.25) is 0 Å². The molecule has 0 N–H and O–H groups in total. The van der Waals surface area contributed by atoms with Crippen molar-refractivity contribution in [1.29, 1.82) is 0 Å². The summed E-state index contributed by atoms with van der Waals surface area (Å²) in [4.78, 5) is 2.57. The Morgan fingerprint density at radius 2 is 0.775 bits per heavy atom. The van der Waals surface area contributed by atoms with Crippen LogP contribution in [-0.2, 0) is 10.8 Å². The molecule has 14 aromatic rings. The number of rotatable bonds is 5. The summed E-state index contributed by atoms with van der Waals surface area (Å²) < 4.78 is 2.54. The van der Waals surface area contributed by atoms with E-state index in [1.54, 1.807) is 0 Å². The Bertz CT molecular complexity index is 4920. The van der Waals surface area contributed by atoms with Gasteiger partial charge in [-0.05, 0) is 148 Å². The Hall–Kier alpha value is -10.3. The van der Waals surface area contributed by atoms with Crippen molar-refractivity contribution in [3.63, 3.8) is 0 Å². The van der Waals surface area contributed by atoms with Crippen molar-refractivity contribution in [3.8, 4) is 61.3 Å². The molecular formula is C78H48N2. The van der Waals surface area contributed by atoms with Crippen LogP contribution in [0.3, 0.4) is 0 Å². The molecule has 2 heteroatoms. The summed E-state index contributed by atoms with van der Waals surface area (Å²) in [6, 6.07) is 110. The van der Waals surface area contributed by atoms with Crippen LogP contribution in [0, 0.1) is 0 Å². The minimum Gasteiger partial charge on any atom is -0.310 e. The molecule has 0 saturated heterocycles. The Morgan fingerprint density at radius 1 is 0.275 bits per heavy atom. The summed E-state index contributed by atoms with van der Waals surface area (Å²) in [5.41, 5.74) is 28.8. The molecule has 80 heavy (non-hydrogen) atoms. The Balaban J connectivity index is 0.933. The third-order valence-electron chi connectivity index (χ3n) is 18.6. The number of anilines is 3. The summed E-state index contributed by atoms with van der Waals surface area (Å²) in [5, 5.41) is 5.08. The van der Waals surface area contributed by atoms with E-state index in [9.17, 15) is 0 Å². The minimum atomic E-state index is -0.622. The number of para-hydroxylation sites is 4. The van der Waals surface area contributed by atoms with Crippen molar-refractivity contribution in [3.05, 3.63) is 336 Å². The molecule has 0 radical (unpaired) electrons. The van der Waals surface area contributed by atoms with Gasteiger partial charge < -0.3 is 9.47 Å². The fourth-order valence-electron chi connectivity index (χ4n) is 15.5. The molecule has 18 rings (SSSR count). The van der Waals surface area contributed by atoms with Crippen LogP contribution in [0.5, 0.6) is 0 Å². The van der Waals surface area contributed by atoms with E-state index in [0.29, 0.717) is 0 Å². The normalized spacial score (nSPS) is 15.2. The first-order valence-corrected chi connectivity index (χ1v) is 28.0. The lowest BCUT2D eigenvalue weighted by Gasteiger charge is -2.40. The molecule has 4 aliphatic rings. The van der Waals surface area contributed by atoms with E-state index in [1.807, 2.05) is 0 Å². The number of hydrogen-bond acceptors (Lipinski definition) is 1. The van der Waals surface area contributed by atoms with Gasteiger partial charge in [-0.2, -0.15) is 0 Å². The van der Waals surface area contributed by atoms with Crippen molar-refractivity contribution in [1.82, 2.24) is 4.57 Å². The van der Waals surface area contributed by atoms with Gasteiger partial charge in [0.15, 0.2) is 0 Å². The van der Waals surface area contributed by atoms with Crippen LogP contribution in [0.4, 0.5) is 17.1 Å². The van der Waals surface area contributed by atoms with E-state index < -0.39 is 10.8 Å². The summed E-state index contributed by atoms with van der Waals surface area (Å²) >= 11 is 0. The second-order valence-corrected chi connectivity index (χ2v) is 22.2. The first kappa shape index (κ1) is 43.8. The van der Waals surface area contributed by atoms with Crippen molar-refractivity contribution in [2.45, 2.75) is 10.8 Å². The van der Waals surface area contributed by atoms with Crippen molar-refractivity contribution >= 4 is 49.6 Å². The SMILES string of the molecule is c1ccc(-c2ccc(-c3ccccc3N(c3ccc4c(c3)C3(c5ccccc5-c5ccccc53)c3ccc5ccccc5c3-4)c3ccc4c(c3)C3(c5ccccc5-4)c4ccccc4-n4c5ccccc5c5cccc3c54)cc2)cc1. The van der Waals surface area contributed by atoms with Gasteiger partial charge >= 0.3 is 0 Å². The molecule has 1 aliphatic heterocycles. The maximum Gasteiger partial charge on any atom is 0.0755 e. The van der Waals surface area contributed by atoms with E-state index in [0.717, 1.165) is 28.2 Å². The number of nitrogens with zero attached hydrogens (tertiary/aromatic N) is 2. The van der Waals surface area contributed by atoms with Gasteiger partial charge in [-0.25, -0.2) is 0 Å². The van der Waals surface area contributed by atoms with E-state index in [4.69, 9.17) is 0 Å². The van der Waals surface area contributed by atoms with Crippen LogP contribution in [-0.4, -0.2) is 4.57 Å². The lowest BCUT2D eigenvalue weighted by Crippen LogP contribution is -2.33. The van der Waals surface area contributed by atoms with E-state index in [-0.39, 0.29) is 0 Å². The average Bonchev–Trinajstić information content (AvgIpc) is 3.27. The molecule has 2 spiro atoms. The number of hydrogen-bond donors (Lipinski definition) is 0. The molecule has 3 aliphatic carbocycles. The van der Waals surface area contributed by atoms with Gasteiger partial charge in [-0.1, -0.05) is 249 Å². The third-order valence-corrected chi connectivity index (χ3v) is 18.6. The van der Waals surface area contributed by atoms with Crippen LogP contribution in [0.15, 0.2) is 291 Å². The predicted octanol–water partition coefficient (Wildman–Crippen LogP) is 19.8. The zero-order chi connectivity index (χ0) is 52.3. The van der Waals surface area contributed by atoms with Gasteiger partial charge in [0.25, 0.3) is 0 Å². The first-order chi connectivity index (χ1) is 39.7. The highest BCUT2D eigenvalue weighted by Gasteiger charge is 2.53. The van der Waals surface area contributed by atoms with E-state index in [1.165, 1.54) is 127 Å². The molecule has 1 unspecified atom stereocenters. The van der Waals surface area contributed by atoms with Crippen LogP contribution in [0.1, 0.15) is 44.5 Å². The van der Waals surface area contributed by atoms with Crippen molar-refractivity contribution in [2.75, 3.05) is 4.90 Å². The maximum atomic E-state index is 2.57. The second kappa shape index (κ2) is 16.1. The highest BCUT2D eigenvalue weighted by atomic mass is 15.1. The molecular weight excluding hydrogens is 965 g/mol. The van der Waals surface area contributed by atoms with Gasteiger partial charge in [0, 0.05) is 27.7 Å². The number of benzene rings is 13. The smallest absolute Gasteiger partial charge is 0.0755 e. The Morgan fingerprint density at radius 3 is 1.50 bits per heavy atom. The van der Waals surface area contributed by atoms with E-state index in [2.05, 4.69) is 301 Å². The van der Waals surface area contributed by atoms with Crippen molar-refractivity contribution in [2.24, 2.45) is 0 Å². The highest BCUT2D eigenvalue weighted by Crippen LogP contribution is 2.66.